The maximum atomic E-state index is 2.31. The zero-order chi connectivity index (χ0) is 10.8. The van der Waals surface area contributed by atoms with E-state index in [0.29, 0.717) is 0 Å². The van der Waals surface area contributed by atoms with Gasteiger partial charge in [-0.1, -0.05) is 37.5 Å². The van der Waals surface area contributed by atoms with Crippen molar-refractivity contribution >= 4 is 0 Å². The number of fused-ring (bicyclic) bond motifs is 4. The first-order valence-electron chi connectivity index (χ1n) is 6.31. The Bertz CT molecular complexity index is 331. The molecule has 0 heterocycles. The summed E-state index contributed by atoms with van der Waals surface area (Å²) in [5.41, 5.74) is 0. The molecule has 0 aromatic carbocycles. The van der Waals surface area contributed by atoms with Gasteiger partial charge in [0.2, 0.25) is 0 Å². The van der Waals surface area contributed by atoms with Gasteiger partial charge in [0.05, 0.1) is 0 Å². The molecule has 0 aliphatic heterocycles. The van der Waals surface area contributed by atoms with Crippen molar-refractivity contribution in [2.75, 3.05) is 0 Å². The third-order valence-electron chi connectivity index (χ3n) is 3.70. The van der Waals surface area contributed by atoms with Crippen LogP contribution in [0.5, 0.6) is 0 Å². The molecule has 4 rings (SSSR count). The molecule has 0 N–H and O–H groups in total. The minimum absolute atomic E-state index is 0. The summed E-state index contributed by atoms with van der Waals surface area (Å²) in [6.07, 6.45) is 23.3. The summed E-state index contributed by atoms with van der Waals surface area (Å²) in [6.45, 7) is 0. The fraction of sp³-hybridized carbons (Fsp3) is 0.375. The molecule has 19 heavy (non-hydrogen) atoms. The van der Waals surface area contributed by atoms with Gasteiger partial charge in [-0.2, -0.15) is 60.4 Å². The van der Waals surface area contributed by atoms with Crippen molar-refractivity contribution in [1.82, 2.24) is 0 Å². The Labute approximate surface area is 148 Å². The standard InChI is InChI=1S/2C8H9.2ClH.Zr/c2*1-2-7-4-5-8(3-1)6-7;;;/h2*1-2,4-5,8H,3,6H2;2*1H;/q2*-1;;;+4/p-2. The van der Waals surface area contributed by atoms with Gasteiger partial charge >= 0.3 is 26.2 Å². The molecular formula is C16H18Cl2Zr. The van der Waals surface area contributed by atoms with Gasteiger partial charge in [0, 0.05) is 0 Å². The van der Waals surface area contributed by atoms with E-state index < -0.39 is 0 Å². The number of halogens is 2. The van der Waals surface area contributed by atoms with Crippen LogP contribution in [0.4, 0.5) is 0 Å². The largest absolute Gasteiger partial charge is 4.00 e. The first-order chi connectivity index (χ1) is 7.90. The summed E-state index contributed by atoms with van der Waals surface area (Å²) in [4.78, 5) is 0. The first kappa shape index (κ1) is 19.2. The average molecular weight is 372 g/mol. The second-order valence-corrected chi connectivity index (χ2v) is 5.07. The van der Waals surface area contributed by atoms with Gasteiger partial charge in [-0.05, 0) is 0 Å². The van der Waals surface area contributed by atoms with Crippen LogP contribution in [0.1, 0.15) is 25.7 Å². The van der Waals surface area contributed by atoms with E-state index in [1.54, 1.807) is 0 Å². The summed E-state index contributed by atoms with van der Waals surface area (Å²) >= 11 is 0. The van der Waals surface area contributed by atoms with Gasteiger partial charge < -0.3 is 24.8 Å². The van der Waals surface area contributed by atoms with E-state index in [2.05, 4.69) is 48.6 Å². The maximum Gasteiger partial charge on any atom is 4.00 e. The average Bonchev–Trinajstić information content (AvgIpc) is 2.83. The molecular weight excluding hydrogens is 354 g/mol. The molecule has 4 aliphatic rings. The van der Waals surface area contributed by atoms with Crippen molar-refractivity contribution in [3.63, 3.8) is 0 Å². The van der Waals surface area contributed by atoms with Crippen molar-refractivity contribution in [2.24, 2.45) is 11.8 Å². The molecule has 3 heteroatoms. The minimum Gasteiger partial charge on any atom is -1.00 e. The topological polar surface area (TPSA) is 0 Å². The molecule has 100 valence electrons. The number of allylic oxidation sites excluding steroid dienone is 8. The van der Waals surface area contributed by atoms with E-state index in [0.717, 1.165) is 11.8 Å². The quantitative estimate of drug-likeness (QED) is 0.440. The van der Waals surface area contributed by atoms with Crippen molar-refractivity contribution in [3.8, 4) is 0 Å². The molecule has 0 saturated carbocycles. The molecule has 2 atom stereocenters. The second kappa shape index (κ2) is 9.16. The molecule has 4 bridgehead atoms. The summed E-state index contributed by atoms with van der Waals surface area (Å²) in [5.74, 6) is 4.74. The SMILES string of the molecule is C1=C[C-]2C=CC(C1)C2.C1=C[C-]2C=CC(C1)C2.[Cl-].[Cl-].[Zr+4]. The molecule has 4 aliphatic carbocycles. The van der Waals surface area contributed by atoms with Crippen LogP contribution >= 0.6 is 0 Å². The molecule has 0 radical (unpaired) electrons. The van der Waals surface area contributed by atoms with Crippen LogP contribution in [0.2, 0.25) is 0 Å². The van der Waals surface area contributed by atoms with E-state index in [1.165, 1.54) is 37.5 Å². The van der Waals surface area contributed by atoms with Crippen molar-refractivity contribution < 1.29 is 51.0 Å². The molecule has 0 fully saturated rings. The Morgan fingerprint density at radius 2 is 1.11 bits per heavy atom. The zero-order valence-corrected chi connectivity index (χ0v) is 14.8. The van der Waals surface area contributed by atoms with E-state index in [9.17, 15) is 0 Å². The van der Waals surface area contributed by atoms with E-state index >= 15 is 0 Å². The molecule has 0 aromatic heterocycles. The molecule has 0 aromatic rings. The first-order valence-corrected chi connectivity index (χ1v) is 6.31. The summed E-state index contributed by atoms with van der Waals surface area (Å²) < 4.78 is 0. The Morgan fingerprint density at radius 3 is 1.42 bits per heavy atom. The van der Waals surface area contributed by atoms with Gasteiger partial charge in [-0.25, -0.2) is 0 Å². The molecule has 2 unspecified atom stereocenters. The second-order valence-electron chi connectivity index (χ2n) is 5.07. The smallest absolute Gasteiger partial charge is 1.00 e. The summed E-state index contributed by atoms with van der Waals surface area (Å²) in [5, 5.41) is 0. The molecule has 0 nitrogen and oxygen atoms in total. The fourth-order valence-electron chi connectivity index (χ4n) is 2.76. The fourth-order valence-corrected chi connectivity index (χ4v) is 2.76. The summed E-state index contributed by atoms with van der Waals surface area (Å²) in [7, 11) is 0. The Balaban J connectivity index is 0.000000295. The van der Waals surface area contributed by atoms with Crippen LogP contribution in [-0.2, 0) is 26.2 Å². The van der Waals surface area contributed by atoms with Crippen LogP contribution in [0.25, 0.3) is 0 Å². The van der Waals surface area contributed by atoms with Gasteiger partial charge in [0.1, 0.15) is 0 Å². The van der Waals surface area contributed by atoms with E-state index in [1.807, 2.05) is 0 Å². The monoisotopic (exact) mass is 370 g/mol. The van der Waals surface area contributed by atoms with Crippen LogP contribution in [0, 0.1) is 23.7 Å². The molecule has 0 amide bonds. The predicted molar refractivity (Wildman–Crippen MR) is 68.5 cm³/mol. The van der Waals surface area contributed by atoms with Crippen LogP contribution in [0.15, 0.2) is 48.6 Å². The zero-order valence-electron chi connectivity index (χ0n) is 10.9. The number of hydrogen-bond donors (Lipinski definition) is 0. The van der Waals surface area contributed by atoms with Gasteiger partial charge in [-0.15, -0.1) is 0 Å². The third kappa shape index (κ3) is 5.22. The van der Waals surface area contributed by atoms with Crippen molar-refractivity contribution in [3.05, 3.63) is 60.4 Å². The number of hydrogen-bond acceptors (Lipinski definition) is 0. The number of rotatable bonds is 0. The normalized spacial score (nSPS) is 26.9. The van der Waals surface area contributed by atoms with Crippen molar-refractivity contribution in [2.45, 2.75) is 25.7 Å². The molecule has 0 saturated heterocycles. The van der Waals surface area contributed by atoms with E-state index in [4.69, 9.17) is 0 Å². The van der Waals surface area contributed by atoms with Gasteiger partial charge in [-0.3, -0.25) is 0 Å². The van der Waals surface area contributed by atoms with Crippen LogP contribution in [-0.4, -0.2) is 0 Å². The van der Waals surface area contributed by atoms with E-state index in [-0.39, 0.29) is 51.0 Å². The Hall–Kier alpha value is 0.163. The van der Waals surface area contributed by atoms with Gasteiger partial charge in [0.25, 0.3) is 0 Å². The van der Waals surface area contributed by atoms with Crippen LogP contribution in [0.3, 0.4) is 0 Å². The van der Waals surface area contributed by atoms with Crippen LogP contribution < -0.4 is 24.8 Å². The summed E-state index contributed by atoms with van der Waals surface area (Å²) in [6, 6.07) is 0. The Morgan fingerprint density at radius 1 is 0.684 bits per heavy atom. The maximum absolute atomic E-state index is 2.31. The third-order valence-corrected chi connectivity index (χ3v) is 3.70. The minimum atomic E-state index is 0. The van der Waals surface area contributed by atoms with Crippen molar-refractivity contribution in [1.29, 1.82) is 0 Å². The Kier molecular flexibility index (Phi) is 9.24. The predicted octanol–water partition coefficient (Wildman–Crippen LogP) is -1.80. The molecule has 0 spiro atoms. The van der Waals surface area contributed by atoms with Gasteiger partial charge in [0.15, 0.2) is 0 Å².